The molecule has 1 aliphatic rings. The van der Waals surface area contributed by atoms with Gasteiger partial charge in [0.05, 0.1) is 11.7 Å². The number of hydrogen-bond acceptors (Lipinski definition) is 6. The third kappa shape index (κ3) is 3.64. The number of para-hydroxylation sites is 1. The zero-order chi connectivity index (χ0) is 19.6. The van der Waals surface area contributed by atoms with Crippen LogP contribution in [0.3, 0.4) is 0 Å². The average molecular weight is 385 g/mol. The van der Waals surface area contributed by atoms with Gasteiger partial charge in [-0.2, -0.15) is 10.1 Å². The minimum absolute atomic E-state index is 0.550. The molecule has 1 saturated heterocycles. The van der Waals surface area contributed by atoms with Crippen molar-refractivity contribution in [3.63, 3.8) is 0 Å². The molecule has 0 radical (unpaired) electrons. The molecule has 1 fully saturated rings. The first-order valence-corrected chi connectivity index (χ1v) is 9.83. The van der Waals surface area contributed by atoms with Crippen LogP contribution in [0.2, 0.25) is 0 Å². The van der Waals surface area contributed by atoms with Gasteiger partial charge in [0.25, 0.3) is 0 Å². The normalized spacial score (nSPS) is 15.0. The molecule has 0 bridgehead atoms. The van der Waals surface area contributed by atoms with Gasteiger partial charge in [-0.1, -0.05) is 18.2 Å². The van der Waals surface area contributed by atoms with Gasteiger partial charge >= 0.3 is 0 Å². The highest BCUT2D eigenvalue weighted by molar-refractivity contribution is 5.79. The second-order valence-electron chi connectivity index (χ2n) is 7.32. The number of nitrogens with one attached hydrogen (secondary N) is 1. The predicted octanol–water partition coefficient (Wildman–Crippen LogP) is 3.31. The van der Waals surface area contributed by atoms with Gasteiger partial charge in [0.15, 0.2) is 5.82 Å². The molecular formula is C22H23N7. The maximum Gasteiger partial charge on any atom is 0.229 e. The standard InChI is InChI=1S/C22H23N7/c1-27-12-14-28(15-13-27)19-8-6-18(7-9-19)25-22-23-11-10-21(26-22)29-20-5-3-2-4-17(20)16-24-29/h2-11,16H,12-15H2,1H3,(H,23,25,26). The molecule has 146 valence electrons. The van der Waals surface area contributed by atoms with Crippen LogP contribution < -0.4 is 10.2 Å². The molecule has 0 unspecified atom stereocenters. The summed E-state index contributed by atoms with van der Waals surface area (Å²) in [7, 11) is 2.17. The summed E-state index contributed by atoms with van der Waals surface area (Å²) in [6, 6.07) is 18.4. The lowest BCUT2D eigenvalue weighted by molar-refractivity contribution is 0.313. The Labute approximate surface area is 169 Å². The predicted molar refractivity (Wildman–Crippen MR) is 116 cm³/mol. The van der Waals surface area contributed by atoms with Crippen LogP contribution in [0.5, 0.6) is 0 Å². The Morgan fingerprint density at radius 3 is 2.52 bits per heavy atom. The molecule has 7 nitrogen and oxygen atoms in total. The minimum atomic E-state index is 0.550. The van der Waals surface area contributed by atoms with Crippen LogP contribution >= 0.6 is 0 Å². The molecule has 5 rings (SSSR count). The molecule has 2 aromatic heterocycles. The first-order valence-electron chi connectivity index (χ1n) is 9.83. The largest absolute Gasteiger partial charge is 0.369 e. The van der Waals surface area contributed by atoms with E-state index in [2.05, 4.69) is 61.5 Å². The number of fused-ring (bicyclic) bond motifs is 1. The highest BCUT2D eigenvalue weighted by atomic mass is 15.3. The van der Waals surface area contributed by atoms with Crippen LogP contribution in [-0.4, -0.2) is 57.9 Å². The molecule has 4 aromatic rings. The molecule has 29 heavy (non-hydrogen) atoms. The van der Waals surface area contributed by atoms with E-state index in [1.54, 1.807) is 6.20 Å². The van der Waals surface area contributed by atoms with Gasteiger partial charge in [-0.05, 0) is 37.4 Å². The van der Waals surface area contributed by atoms with E-state index in [4.69, 9.17) is 0 Å². The van der Waals surface area contributed by atoms with Crippen molar-refractivity contribution in [1.29, 1.82) is 0 Å². The quantitative estimate of drug-likeness (QED) is 0.582. The van der Waals surface area contributed by atoms with Gasteiger partial charge < -0.3 is 15.1 Å². The maximum atomic E-state index is 4.64. The van der Waals surface area contributed by atoms with Gasteiger partial charge in [-0.15, -0.1) is 0 Å². The van der Waals surface area contributed by atoms with Gasteiger partial charge in [-0.25, -0.2) is 9.67 Å². The molecule has 3 heterocycles. The van der Waals surface area contributed by atoms with Crippen LogP contribution in [0.4, 0.5) is 17.3 Å². The summed E-state index contributed by atoms with van der Waals surface area (Å²) in [6.07, 6.45) is 3.60. The number of benzene rings is 2. The van der Waals surface area contributed by atoms with E-state index >= 15 is 0 Å². The lowest BCUT2D eigenvalue weighted by Crippen LogP contribution is -2.44. The number of aromatic nitrogens is 4. The second-order valence-corrected chi connectivity index (χ2v) is 7.32. The zero-order valence-electron chi connectivity index (χ0n) is 16.4. The van der Waals surface area contributed by atoms with Gasteiger partial charge in [0.2, 0.25) is 5.95 Å². The van der Waals surface area contributed by atoms with Gasteiger partial charge in [0.1, 0.15) is 0 Å². The van der Waals surface area contributed by atoms with E-state index in [1.165, 1.54) is 5.69 Å². The van der Waals surface area contributed by atoms with Crippen molar-refractivity contribution in [2.45, 2.75) is 0 Å². The summed E-state index contributed by atoms with van der Waals surface area (Å²) in [5, 5.41) is 8.86. The minimum Gasteiger partial charge on any atom is -0.369 e. The topological polar surface area (TPSA) is 62.1 Å². The molecule has 7 heteroatoms. The third-order valence-corrected chi connectivity index (χ3v) is 5.33. The number of likely N-dealkylation sites (N-methyl/N-ethyl adjacent to an activating group) is 1. The molecule has 2 aromatic carbocycles. The molecule has 0 amide bonds. The van der Waals surface area contributed by atoms with Crippen LogP contribution in [0.1, 0.15) is 0 Å². The fourth-order valence-electron chi connectivity index (χ4n) is 3.63. The Morgan fingerprint density at radius 1 is 0.897 bits per heavy atom. The highest BCUT2D eigenvalue weighted by Gasteiger charge is 2.14. The van der Waals surface area contributed by atoms with E-state index in [9.17, 15) is 0 Å². The molecule has 0 aliphatic carbocycles. The van der Waals surface area contributed by atoms with E-state index in [-0.39, 0.29) is 0 Å². The first kappa shape index (κ1) is 17.6. The van der Waals surface area contributed by atoms with E-state index in [0.29, 0.717) is 5.95 Å². The van der Waals surface area contributed by atoms with Crippen molar-refractivity contribution in [2.24, 2.45) is 0 Å². The Bertz CT molecular complexity index is 1110. The Hall–Kier alpha value is -3.45. The summed E-state index contributed by atoms with van der Waals surface area (Å²) in [4.78, 5) is 13.8. The van der Waals surface area contributed by atoms with Crippen LogP contribution in [0.15, 0.2) is 67.0 Å². The fraction of sp³-hybridized carbons (Fsp3) is 0.227. The third-order valence-electron chi connectivity index (χ3n) is 5.33. The summed E-state index contributed by atoms with van der Waals surface area (Å²) >= 11 is 0. The lowest BCUT2D eigenvalue weighted by Gasteiger charge is -2.34. The first-order chi connectivity index (χ1) is 14.3. The van der Waals surface area contributed by atoms with Crippen LogP contribution in [-0.2, 0) is 0 Å². The fourth-order valence-corrected chi connectivity index (χ4v) is 3.63. The van der Waals surface area contributed by atoms with Crippen molar-refractivity contribution >= 4 is 28.2 Å². The molecule has 0 atom stereocenters. The van der Waals surface area contributed by atoms with E-state index < -0.39 is 0 Å². The summed E-state index contributed by atoms with van der Waals surface area (Å²) < 4.78 is 1.83. The van der Waals surface area contributed by atoms with Crippen LogP contribution in [0, 0.1) is 0 Å². The summed E-state index contributed by atoms with van der Waals surface area (Å²) in [5.41, 5.74) is 3.24. The van der Waals surface area contributed by atoms with Gasteiger partial charge in [-0.3, -0.25) is 0 Å². The SMILES string of the molecule is CN1CCN(c2ccc(Nc3nccc(-n4ncc5ccccc54)n3)cc2)CC1. The number of piperazine rings is 1. The van der Waals surface area contributed by atoms with Crippen molar-refractivity contribution in [1.82, 2.24) is 24.6 Å². The number of nitrogens with zero attached hydrogens (tertiary/aromatic N) is 6. The average Bonchev–Trinajstić information content (AvgIpc) is 3.19. The zero-order valence-corrected chi connectivity index (χ0v) is 16.4. The van der Waals surface area contributed by atoms with Crippen LogP contribution in [0.25, 0.3) is 16.7 Å². The van der Waals surface area contributed by atoms with Crippen molar-refractivity contribution in [2.75, 3.05) is 43.4 Å². The Balaban J connectivity index is 1.34. The van der Waals surface area contributed by atoms with Crippen molar-refractivity contribution < 1.29 is 0 Å². The molecule has 0 saturated carbocycles. The Morgan fingerprint density at radius 2 is 1.69 bits per heavy atom. The van der Waals surface area contributed by atoms with Crippen molar-refractivity contribution in [3.8, 4) is 5.82 Å². The molecular weight excluding hydrogens is 362 g/mol. The highest BCUT2D eigenvalue weighted by Crippen LogP contribution is 2.22. The second kappa shape index (κ2) is 7.52. The van der Waals surface area contributed by atoms with Gasteiger partial charge in [0, 0.05) is 55.2 Å². The smallest absolute Gasteiger partial charge is 0.229 e. The van der Waals surface area contributed by atoms with E-state index in [1.807, 2.05) is 41.2 Å². The molecule has 0 spiro atoms. The lowest BCUT2D eigenvalue weighted by atomic mass is 10.2. The summed E-state index contributed by atoms with van der Waals surface area (Å²) in [6.45, 7) is 4.32. The summed E-state index contributed by atoms with van der Waals surface area (Å²) in [5.74, 6) is 1.28. The Kier molecular flexibility index (Phi) is 4.57. The van der Waals surface area contributed by atoms with Crippen molar-refractivity contribution in [3.05, 3.63) is 67.0 Å². The maximum absolute atomic E-state index is 4.64. The molecule has 1 N–H and O–H groups in total. The number of anilines is 3. The monoisotopic (exact) mass is 385 g/mol. The number of hydrogen-bond donors (Lipinski definition) is 1. The van der Waals surface area contributed by atoms with E-state index in [0.717, 1.165) is 48.6 Å². The molecule has 1 aliphatic heterocycles. The number of rotatable bonds is 4.